The van der Waals surface area contributed by atoms with Crippen molar-refractivity contribution in [2.24, 2.45) is 5.73 Å². The van der Waals surface area contributed by atoms with Gasteiger partial charge in [0, 0.05) is 11.4 Å². The molecule has 1 aromatic carbocycles. The normalized spacial score (nSPS) is 21.2. The third-order valence-electron chi connectivity index (χ3n) is 5.09. The molecule has 0 bridgehead atoms. The summed E-state index contributed by atoms with van der Waals surface area (Å²) in [7, 11) is 0. The molecule has 1 saturated heterocycles. The summed E-state index contributed by atoms with van der Waals surface area (Å²) in [4.78, 5) is 44.6. The van der Waals surface area contributed by atoms with E-state index >= 15 is 0 Å². The van der Waals surface area contributed by atoms with Gasteiger partial charge in [-0.2, -0.15) is 0 Å². The molecule has 2 unspecified atom stereocenters. The Kier molecular flexibility index (Phi) is 5.32. The van der Waals surface area contributed by atoms with Gasteiger partial charge in [-0.05, 0) is 30.2 Å². The van der Waals surface area contributed by atoms with Crippen LogP contribution in [0.1, 0.15) is 19.8 Å². The largest absolute Gasteiger partial charge is 0.477 e. The minimum absolute atomic E-state index is 0.0647. The predicted molar refractivity (Wildman–Crippen MR) is 113 cm³/mol. The Balaban J connectivity index is 1.72. The van der Waals surface area contributed by atoms with Crippen molar-refractivity contribution < 1.29 is 19.5 Å². The molecule has 0 spiro atoms. The van der Waals surface area contributed by atoms with E-state index in [0.717, 1.165) is 22.2 Å². The Morgan fingerprint density at radius 2 is 2.21 bits per heavy atom. The second-order valence-electron chi connectivity index (χ2n) is 6.83. The van der Waals surface area contributed by atoms with Gasteiger partial charge in [0.1, 0.15) is 17.1 Å². The smallest absolute Gasteiger partial charge is 0.352 e. The van der Waals surface area contributed by atoms with Crippen LogP contribution in [0.15, 0.2) is 35.0 Å². The number of rotatable bonds is 6. The van der Waals surface area contributed by atoms with Crippen molar-refractivity contribution in [3.8, 4) is 0 Å². The number of amides is 2. The average Bonchev–Trinajstić information content (AvgIpc) is 3.18. The molecular weight excluding hydrogens is 412 g/mol. The summed E-state index contributed by atoms with van der Waals surface area (Å²) in [6.07, 6.45) is 1.43. The van der Waals surface area contributed by atoms with Gasteiger partial charge in [-0.25, -0.2) is 9.78 Å². The standard InChI is InChI=1S/C19H20N4O4S2/c1-2-3-10-8-28-18-16(17(25)23(18)15(10)19(26)27)22(14(24)7-20)11-4-5-12-13(6-11)29-9-21-12/h4-6,9,16,18H,2-3,7-8,20H2,1H3,(H,26,27). The van der Waals surface area contributed by atoms with E-state index in [2.05, 4.69) is 4.98 Å². The number of carboxylic acid groups (broad SMARTS) is 1. The van der Waals surface area contributed by atoms with E-state index in [1.807, 2.05) is 13.0 Å². The molecule has 2 amide bonds. The lowest BCUT2D eigenvalue weighted by Gasteiger charge is -2.52. The summed E-state index contributed by atoms with van der Waals surface area (Å²) in [6.45, 7) is 1.73. The monoisotopic (exact) mass is 432 g/mol. The lowest BCUT2D eigenvalue weighted by atomic mass is 9.98. The van der Waals surface area contributed by atoms with E-state index < -0.39 is 17.4 Å². The number of thiazole rings is 1. The van der Waals surface area contributed by atoms with Gasteiger partial charge in [0.05, 0.1) is 22.3 Å². The number of aromatic nitrogens is 1. The second-order valence-corrected chi connectivity index (χ2v) is 8.83. The van der Waals surface area contributed by atoms with Gasteiger partial charge in [-0.3, -0.25) is 19.4 Å². The fourth-order valence-electron chi connectivity index (χ4n) is 3.81. The number of carbonyl (C=O) groups excluding carboxylic acids is 2. The number of carboxylic acids is 1. The van der Waals surface area contributed by atoms with Crippen LogP contribution in [0.4, 0.5) is 5.69 Å². The molecule has 152 valence electrons. The number of nitrogens with zero attached hydrogens (tertiary/aromatic N) is 3. The van der Waals surface area contributed by atoms with E-state index in [1.54, 1.807) is 17.6 Å². The molecule has 2 aliphatic heterocycles. The molecule has 2 aromatic rings. The van der Waals surface area contributed by atoms with Gasteiger partial charge in [0.25, 0.3) is 5.91 Å². The van der Waals surface area contributed by atoms with Crippen LogP contribution in [-0.4, -0.2) is 56.5 Å². The topological polar surface area (TPSA) is 117 Å². The molecule has 2 atom stereocenters. The fourth-order valence-corrected chi connectivity index (χ4v) is 5.95. The molecule has 0 aliphatic carbocycles. The first-order chi connectivity index (χ1) is 14.0. The van der Waals surface area contributed by atoms with E-state index in [9.17, 15) is 19.5 Å². The zero-order valence-corrected chi connectivity index (χ0v) is 17.3. The van der Waals surface area contributed by atoms with E-state index in [0.29, 0.717) is 17.9 Å². The zero-order chi connectivity index (χ0) is 20.7. The Labute approximate surface area is 175 Å². The maximum Gasteiger partial charge on any atom is 0.352 e. The highest BCUT2D eigenvalue weighted by Crippen LogP contribution is 2.44. The molecule has 3 heterocycles. The summed E-state index contributed by atoms with van der Waals surface area (Å²) in [6, 6.07) is 4.59. The number of benzene rings is 1. The number of nitrogens with two attached hydrogens (primary N) is 1. The van der Waals surface area contributed by atoms with Crippen LogP contribution in [0.5, 0.6) is 0 Å². The minimum Gasteiger partial charge on any atom is -0.477 e. The van der Waals surface area contributed by atoms with E-state index in [-0.39, 0.29) is 24.1 Å². The summed E-state index contributed by atoms with van der Waals surface area (Å²) < 4.78 is 0.897. The van der Waals surface area contributed by atoms with Crippen molar-refractivity contribution >= 4 is 56.8 Å². The van der Waals surface area contributed by atoms with Crippen molar-refractivity contribution in [3.63, 3.8) is 0 Å². The molecule has 10 heteroatoms. The second kappa shape index (κ2) is 7.77. The van der Waals surface area contributed by atoms with E-state index in [1.165, 1.54) is 32.9 Å². The highest BCUT2D eigenvalue weighted by atomic mass is 32.2. The van der Waals surface area contributed by atoms with Gasteiger partial charge < -0.3 is 10.8 Å². The Bertz CT molecular complexity index is 1030. The summed E-state index contributed by atoms with van der Waals surface area (Å²) >= 11 is 2.93. The molecule has 0 radical (unpaired) electrons. The predicted octanol–water partition coefficient (Wildman–Crippen LogP) is 2.01. The molecule has 1 fully saturated rings. The van der Waals surface area contributed by atoms with Gasteiger partial charge in [0.15, 0.2) is 0 Å². The maximum absolute atomic E-state index is 13.1. The minimum atomic E-state index is -1.10. The van der Waals surface area contributed by atoms with Crippen LogP contribution in [0.2, 0.25) is 0 Å². The van der Waals surface area contributed by atoms with Crippen molar-refractivity contribution in [2.45, 2.75) is 31.2 Å². The van der Waals surface area contributed by atoms with Gasteiger partial charge in [-0.1, -0.05) is 13.3 Å². The molecule has 0 saturated carbocycles. The average molecular weight is 433 g/mol. The number of carbonyl (C=O) groups is 3. The third-order valence-corrected chi connectivity index (χ3v) is 7.21. The highest BCUT2D eigenvalue weighted by Gasteiger charge is 2.57. The third kappa shape index (κ3) is 3.21. The number of anilines is 1. The maximum atomic E-state index is 13.1. The van der Waals surface area contributed by atoms with Crippen molar-refractivity contribution in [1.82, 2.24) is 9.88 Å². The summed E-state index contributed by atoms with van der Waals surface area (Å²) in [5, 5.41) is 9.26. The molecule has 4 rings (SSSR count). The van der Waals surface area contributed by atoms with Gasteiger partial charge >= 0.3 is 5.97 Å². The Morgan fingerprint density at radius 3 is 2.90 bits per heavy atom. The van der Waals surface area contributed by atoms with E-state index in [4.69, 9.17) is 5.73 Å². The molecule has 3 N–H and O–H groups in total. The van der Waals surface area contributed by atoms with Crippen LogP contribution in [0.25, 0.3) is 10.2 Å². The molecular formula is C19H20N4O4S2. The summed E-state index contributed by atoms with van der Waals surface area (Å²) in [5.74, 6) is -1.35. The van der Waals surface area contributed by atoms with Crippen molar-refractivity contribution in [2.75, 3.05) is 17.2 Å². The SMILES string of the molecule is CCCC1=C(C(=O)O)N2C(=O)C(N(C(=O)CN)c3ccc4ncsc4c3)C2SC1. The van der Waals surface area contributed by atoms with Gasteiger partial charge in [0.2, 0.25) is 5.91 Å². The fraction of sp³-hybridized carbons (Fsp3) is 0.368. The quantitative estimate of drug-likeness (QED) is 0.671. The van der Waals surface area contributed by atoms with Crippen LogP contribution in [0.3, 0.4) is 0 Å². The zero-order valence-electron chi connectivity index (χ0n) is 15.7. The van der Waals surface area contributed by atoms with Crippen molar-refractivity contribution in [3.05, 3.63) is 35.0 Å². The lowest BCUT2D eigenvalue weighted by Crippen LogP contribution is -2.72. The van der Waals surface area contributed by atoms with Crippen LogP contribution < -0.4 is 10.6 Å². The molecule has 8 nitrogen and oxygen atoms in total. The van der Waals surface area contributed by atoms with Crippen LogP contribution >= 0.6 is 23.1 Å². The first kappa shape index (κ1) is 19.9. The molecule has 29 heavy (non-hydrogen) atoms. The first-order valence-corrected chi connectivity index (χ1v) is 11.2. The Hall–Kier alpha value is -2.43. The highest BCUT2D eigenvalue weighted by molar-refractivity contribution is 8.00. The number of fused-ring (bicyclic) bond motifs is 2. The van der Waals surface area contributed by atoms with Crippen molar-refractivity contribution in [1.29, 1.82) is 0 Å². The summed E-state index contributed by atoms with van der Waals surface area (Å²) in [5.41, 5.74) is 9.56. The van der Waals surface area contributed by atoms with Crippen LogP contribution in [0, 0.1) is 0 Å². The number of aliphatic carboxylic acids is 1. The number of hydrogen-bond acceptors (Lipinski definition) is 7. The number of thioether (sulfide) groups is 1. The number of hydrogen-bond donors (Lipinski definition) is 2. The van der Waals surface area contributed by atoms with Crippen LogP contribution in [-0.2, 0) is 14.4 Å². The Morgan fingerprint density at radius 1 is 1.41 bits per heavy atom. The van der Waals surface area contributed by atoms with Gasteiger partial charge in [-0.15, -0.1) is 23.1 Å². The first-order valence-electron chi connectivity index (χ1n) is 9.23. The molecule has 1 aromatic heterocycles. The lowest BCUT2D eigenvalue weighted by molar-refractivity contribution is -0.149. The number of β-lactam (4-membered cyclic amide) rings is 1. The molecule has 2 aliphatic rings.